The van der Waals surface area contributed by atoms with Gasteiger partial charge < -0.3 is 19.1 Å². The monoisotopic (exact) mass is 718 g/mol. The number of rotatable bonds is 7. The number of hydrogen-bond donors (Lipinski definition) is 4. The van der Waals surface area contributed by atoms with E-state index in [1.165, 1.54) is 31.7 Å². The van der Waals surface area contributed by atoms with Gasteiger partial charge in [0.1, 0.15) is 11.5 Å². The number of imide groups is 2. The molecule has 0 radical (unpaired) electrons. The van der Waals surface area contributed by atoms with Gasteiger partial charge in [-0.2, -0.15) is 0 Å². The molecule has 2 aromatic heterocycles. The molecule has 19 nitrogen and oxygen atoms in total. The molecule has 4 heterocycles. The predicted molar refractivity (Wildman–Crippen MR) is 172 cm³/mol. The molecule has 276 valence electrons. The maximum atomic E-state index is 12.1. The zero-order valence-electron chi connectivity index (χ0n) is 27.7. The number of amides is 4. The first-order chi connectivity index (χ1) is 24.1. The smallest absolute Gasteiger partial charge is 0.415 e. The highest BCUT2D eigenvalue weighted by Gasteiger charge is 2.35. The maximum absolute atomic E-state index is 12.1. The second-order valence-corrected chi connectivity index (χ2v) is 12.4. The van der Waals surface area contributed by atoms with E-state index in [-0.39, 0.29) is 41.9 Å². The Kier molecular flexibility index (Phi) is 14.2. The minimum atomic E-state index is -1.50. The third-order valence-electron chi connectivity index (χ3n) is 8.75. The van der Waals surface area contributed by atoms with Crippen molar-refractivity contribution in [2.45, 2.75) is 96.8 Å². The summed E-state index contributed by atoms with van der Waals surface area (Å²) < 4.78 is 9.88. The molecule has 2 aliphatic heterocycles. The van der Waals surface area contributed by atoms with E-state index in [0.29, 0.717) is 35.8 Å². The van der Waals surface area contributed by atoms with E-state index in [0.717, 1.165) is 39.0 Å². The average molecular weight is 719 g/mol. The van der Waals surface area contributed by atoms with Crippen molar-refractivity contribution in [3.63, 3.8) is 0 Å². The summed E-state index contributed by atoms with van der Waals surface area (Å²) >= 11 is 0. The van der Waals surface area contributed by atoms with E-state index in [2.05, 4.69) is 10.6 Å². The van der Waals surface area contributed by atoms with E-state index in [9.17, 15) is 38.9 Å². The largest absolute Gasteiger partial charge is 0.481 e. The quantitative estimate of drug-likeness (QED) is 0.182. The van der Waals surface area contributed by atoms with Crippen LogP contribution in [-0.2, 0) is 40.1 Å². The molecule has 19 heteroatoms. The third kappa shape index (κ3) is 11.7. The lowest BCUT2D eigenvalue weighted by Crippen LogP contribution is -2.39. The van der Waals surface area contributed by atoms with Gasteiger partial charge in [0.05, 0.1) is 34.5 Å². The van der Waals surface area contributed by atoms with Gasteiger partial charge in [-0.1, -0.05) is 51.4 Å². The molecule has 4 N–H and O–H groups in total. The number of nitro groups is 1. The van der Waals surface area contributed by atoms with Crippen LogP contribution in [0, 0.1) is 32.1 Å². The van der Waals surface area contributed by atoms with Gasteiger partial charge in [-0.3, -0.25) is 44.7 Å². The van der Waals surface area contributed by atoms with Crippen molar-refractivity contribution in [1.29, 1.82) is 0 Å². The van der Waals surface area contributed by atoms with Crippen LogP contribution in [0.1, 0.15) is 114 Å². The normalized spacial score (nSPS) is 16.5. The minimum Gasteiger partial charge on any atom is -0.481 e. The first kappa shape index (κ1) is 39.7. The zero-order valence-corrected chi connectivity index (χ0v) is 27.7. The van der Waals surface area contributed by atoms with Crippen molar-refractivity contribution in [2.75, 3.05) is 0 Å². The lowest BCUT2D eigenvalue weighted by molar-refractivity contribution is -0.742. The van der Waals surface area contributed by atoms with E-state index < -0.39 is 56.5 Å². The number of carboxylic acids is 1. The van der Waals surface area contributed by atoms with Crippen LogP contribution in [0.5, 0.6) is 0 Å². The molecular formula is C32H38N4O15. The fraction of sp³-hybridized carbons (Fsp3) is 0.531. The van der Waals surface area contributed by atoms with Gasteiger partial charge in [0.15, 0.2) is 0 Å². The highest BCUT2D eigenvalue weighted by atomic mass is 16.9. The Hall–Kier alpha value is -5.75. The summed E-state index contributed by atoms with van der Waals surface area (Å²) in [4.78, 5) is 98.0. The van der Waals surface area contributed by atoms with Gasteiger partial charge in [0.25, 0.3) is 22.9 Å². The van der Waals surface area contributed by atoms with Crippen LogP contribution in [0.3, 0.4) is 0 Å². The van der Waals surface area contributed by atoms with Crippen LogP contribution in [0.25, 0.3) is 0 Å². The summed E-state index contributed by atoms with van der Waals surface area (Å²) in [5.41, 5.74) is -1.08. The first-order valence-corrected chi connectivity index (χ1v) is 16.3. The van der Waals surface area contributed by atoms with Crippen LogP contribution in [-0.4, -0.2) is 49.9 Å². The SMILES string of the molecule is CC(=O)O.O=C1Cc2oc(=O)c([N+](=O)[O-])c(CCC3CCCC3)c2C(=O)N1.O=C1Cc2oc(=O)cc(CCC3CCCC3)c2C(=O)N1.O=[N+]([O-])O. The van der Waals surface area contributed by atoms with Crippen LogP contribution in [0.4, 0.5) is 5.69 Å². The van der Waals surface area contributed by atoms with Crippen molar-refractivity contribution < 1.29 is 53.1 Å². The van der Waals surface area contributed by atoms with Crippen LogP contribution in [0.15, 0.2) is 24.5 Å². The topological polar surface area (TPSA) is 297 Å². The van der Waals surface area contributed by atoms with Gasteiger partial charge in [-0.25, -0.2) is 9.59 Å². The average Bonchev–Trinajstić information content (AvgIpc) is 3.72. The van der Waals surface area contributed by atoms with Crippen LogP contribution >= 0.6 is 0 Å². The van der Waals surface area contributed by atoms with Crippen molar-refractivity contribution in [2.24, 2.45) is 11.8 Å². The predicted octanol–water partition coefficient (Wildman–Crippen LogP) is 2.80. The molecule has 0 bridgehead atoms. The molecule has 0 aromatic carbocycles. The van der Waals surface area contributed by atoms with Crippen LogP contribution in [0.2, 0.25) is 0 Å². The molecule has 2 saturated carbocycles. The molecule has 2 aromatic rings. The molecule has 0 saturated heterocycles. The van der Waals surface area contributed by atoms with Gasteiger partial charge in [-0.05, 0) is 43.1 Å². The summed E-state index contributed by atoms with van der Waals surface area (Å²) in [6, 6.07) is 1.39. The van der Waals surface area contributed by atoms with E-state index in [1.807, 2.05) is 0 Å². The Morgan fingerprint density at radius 2 is 1.24 bits per heavy atom. The van der Waals surface area contributed by atoms with E-state index in [1.54, 1.807) is 0 Å². The fourth-order valence-electron chi connectivity index (χ4n) is 6.69. The summed E-state index contributed by atoms with van der Waals surface area (Å²) in [5, 5.41) is 36.7. The molecule has 4 amide bonds. The fourth-order valence-corrected chi connectivity index (χ4v) is 6.69. The van der Waals surface area contributed by atoms with E-state index in [4.69, 9.17) is 34.1 Å². The molecule has 0 atom stereocenters. The standard InChI is InChI=1S/C15H16N2O6.C15H17NO4.C2H4O2.HNO3/c18-11-7-10-12(14(19)16-11)9(6-5-8-3-1-2-4-8)13(17(21)22)15(20)23-10;17-12-8-11-14(15(19)16-12)10(7-13(18)20-11)6-5-9-3-1-2-4-9;1-2(3)4;2-1(3)4/h8H,1-7H2,(H,16,18,19);7,9H,1-6,8H2,(H,16,17,19);1H3,(H,3,4);(H,2,3,4). The molecule has 6 rings (SSSR count). The summed E-state index contributed by atoms with van der Waals surface area (Å²) in [6.45, 7) is 1.08. The van der Waals surface area contributed by atoms with Gasteiger partial charge in [0, 0.05) is 13.0 Å². The Labute approximate surface area is 288 Å². The van der Waals surface area contributed by atoms with Crippen LogP contribution < -0.4 is 21.9 Å². The third-order valence-corrected chi connectivity index (χ3v) is 8.75. The molecule has 4 aliphatic rings. The highest BCUT2D eigenvalue weighted by Crippen LogP contribution is 2.32. The number of carbonyl (C=O) groups is 5. The summed E-state index contributed by atoms with van der Waals surface area (Å²) in [5.74, 6) is -1.73. The Bertz CT molecular complexity index is 1780. The molecule has 2 aliphatic carbocycles. The molecule has 0 spiro atoms. The number of nitrogens with one attached hydrogen (secondary N) is 2. The summed E-state index contributed by atoms with van der Waals surface area (Å²) in [7, 11) is 0. The number of aryl methyl sites for hydroxylation is 1. The number of carbonyl (C=O) groups excluding carboxylic acids is 4. The minimum absolute atomic E-state index is 0.0195. The highest BCUT2D eigenvalue weighted by molar-refractivity contribution is 6.10. The Balaban J connectivity index is 0.000000229. The molecule has 51 heavy (non-hydrogen) atoms. The van der Waals surface area contributed by atoms with Gasteiger partial charge >= 0.3 is 16.9 Å². The van der Waals surface area contributed by atoms with Crippen molar-refractivity contribution in [1.82, 2.24) is 10.6 Å². The zero-order chi connectivity index (χ0) is 37.8. The van der Waals surface area contributed by atoms with Gasteiger partial charge in [-0.15, -0.1) is 10.1 Å². The first-order valence-electron chi connectivity index (χ1n) is 16.3. The maximum Gasteiger partial charge on any atom is 0.415 e. The van der Waals surface area contributed by atoms with Crippen molar-refractivity contribution in [3.05, 3.63) is 80.9 Å². The number of hydrogen-bond acceptors (Lipinski definition) is 13. The number of nitrogens with zero attached hydrogens (tertiary/aromatic N) is 2. The van der Waals surface area contributed by atoms with E-state index >= 15 is 0 Å². The number of fused-ring (bicyclic) bond motifs is 2. The van der Waals surface area contributed by atoms with Crippen molar-refractivity contribution in [3.8, 4) is 0 Å². The molecule has 0 unspecified atom stereocenters. The second kappa shape index (κ2) is 18.3. The lowest BCUT2D eigenvalue weighted by Gasteiger charge is -2.17. The lowest BCUT2D eigenvalue weighted by atomic mass is 9.92. The number of carboxylic acid groups (broad SMARTS) is 1. The summed E-state index contributed by atoms with van der Waals surface area (Å²) in [6.07, 6.45) is 11.7. The second-order valence-electron chi connectivity index (χ2n) is 12.4. The number of aliphatic carboxylic acids is 1. The Morgan fingerprint density at radius 1 is 0.804 bits per heavy atom. The van der Waals surface area contributed by atoms with Crippen molar-refractivity contribution >= 4 is 35.3 Å². The molecular weight excluding hydrogens is 680 g/mol. The Morgan fingerprint density at radius 3 is 1.71 bits per heavy atom. The van der Waals surface area contributed by atoms with Gasteiger partial charge in [0.2, 0.25) is 11.8 Å². The molecule has 2 fully saturated rings.